The van der Waals surface area contributed by atoms with E-state index in [4.69, 9.17) is 15.2 Å². The maximum atomic E-state index is 6.05. The molecule has 0 saturated carbocycles. The molecule has 0 fully saturated rings. The summed E-state index contributed by atoms with van der Waals surface area (Å²) >= 11 is 0. The third-order valence-electron chi connectivity index (χ3n) is 3.02. The molecule has 0 aliphatic carbocycles. The number of aryl methyl sites for hydroxylation is 1. The van der Waals surface area contributed by atoms with E-state index < -0.39 is 0 Å². The summed E-state index contributed by atoms with van der Waals surface area (Å²) in [5.74, 6) is 2.13. The third-order valence-corrected chi connectivity index (χ3v) is 3.02. The van der Waals surface area contributed by atoms with Crippen molar-refractivity contribution < 1.29 is 9.47 Å². The van der Waals surface area contributed by atoms with Gasteiger partial charge in [-0.25, -0.2) is 4.98 Å². The molecule has 0 aliphatic heterocycles. The van der Waals surface area contributed by atoms with Crippen LogP contribution in [0.4, 0.5) is 17.2 Å². The Balaban J connectivity index is 2.35. The molecule has 1 aromatic heterocycles. The van der Waals surface area contributed by atoms with Crippen molar-refractivity contribution in [1.29, 1.82) is 0 Å². The molecule has 1 heterocycles. The molecule has 5 nitrogen and oxygen atoms in total. The number of hydrogen-bond donors (Lipinski definition) is 2. The SMILES string of the molecule is CCOc1ccc(OCC)c(Nc2nccc(C)c2N)c1. The molecular weight excluding hydrogens is 266 g/mol. The van der Waals surface area contributed by atoms with Crippen molar-refractivity contribution in [2.45, 2.75) is 20.8 Å². The lowest BCUT2D eigenvalue weighted by molar-refractivity contribution is 0.332. The van der Waals surface area contributed by atoms with Gasteiger partial charge in [0.2, 0.25) is 0 Å². The summed E-state index contributed by atoms with van der Waals surface area (Å²) in [4.78, 5) is 4.28. The molecule has 0 amide bonds. The van der Waals surface area contributed by atoms with E-state index in [1.165, 1.54) is 0 Å². The molecule has 1 aromatic carbocycles. The van der Waals surface area contributed by atoms with Crippen LogP contribution in [0.3, 0.4) is 0 Å². The number of nitrogens with one attached hydrogen (secondary N) is 1. The van der Waals surface area contributed by atoms with Crippen LogP contribution in [-0.4, -0.2) is 18.2 Å². The van der Waals surface area contributed by atoms with Gasteiger partial charge < -0.3 is 20.5 Å². The van der Waals surface area contributed by atoms with Crippen molar-refractivity contribution >= 4 is 17.2 Å². The maximum absolute atomic E-state index is 6.05. The highest BCUT2D eigenvalue weighted by Crippen LogP contribution is 2.33. The van der Waals surface area contributed by atoms with Crippen molar-refractivity contribution in [3.63, 3.8) is 0 Å². The lowest BCUT2D eigenvalue weighted by Crippen LogP contribution is -2.03. The number of nitrogen functional groups attached to an aromatic ring is 1. The molecule has 0 atom stereocenters. The van der Waals surface area contributed by atoms with Crippen LogP contribution in [0.5, 0.6) is 11.5 Å². The molecule has 0 saturated heterocycles. The number of rotatable bonds is 6. The van der Waals surface area contributed by atoms with E-state index >= 15 is 0 Å². The minimum Gasteiger partial charge on any atom is -0.494 e. The normalized spacial score (nSPS) is 10.2. The van der Waals surface area contributed by atoms with Gasteiger partial charge in [0.25, 0.3) is 0 Å². The molecule has 112 valence electrons. The first-order valence-corrected chi connectivity index (χ1v) is 7.03. The van der Waals surface area contributed by atoms with Crippen LogP contribution in [0.1, 0.15) is 19.4 Å². The lowest BCUT2D eigenvalue weighted by atomic mass is 10.2. The number of pyridine rings is 1. The molecular formula is C16H21N3O2. The number of aromatic nitrogens is 1. The minimum absolute atomic E-state index is 0.583. The highest BCUT2D eigenvalue weighted by atomic mass is 16.5. The van der Waals surface area contributed by atoms with Crippen molar-refractivity contribution in [2.75, 3.05) is 24.3 Å². The Labute approximate surface area is 125 Å². The predicted molar refractivity (Wildman–Crippen MR) is 85.4 cm³/mol. The van der Waals surface area contributed by atoms with Gasteiger partial charge in [0, 0.05) is 12.3 Å². The van der Waals surface area contributed by atoms with Crippen LogP contribution in [0.2, 0.25) is 0 Å². The van der Waals surface area contributed by atoms with Gasteiger partial charge in [-0.3, -0.25) is 0 Å². The van der Waals surface area contributed by atoms with Gasteiger partial charge in [0.1, 0.15) is 11.5 Å². The molecule has 3 N–H and O–H groups in total. The molecule has 0 unspecified atom stereocenters. The Kier molecular flexibility index (Phi) is 4.87. The average molecular weight is 287 g/mol. The number of nitrogens with two attached hydrogens (primary N) is 1. The molecule has 2 rings (SSSR count). The first kappa shape index (κ1) is 15.0. The molecule has 0 aliphatic rings. The van der Waals surface area contributed by atoms with Crippen LogP contribution in [0.15, 0.2) is 30.5 Å². The fraction of sp³-hybridized carbons (Fsp3) is 0.312. The maximum Gasteiger partial charge on any atom is 0.153 e. The topological polar surface area (TPSA) is 69.4 Å². The zero-order valence-electron chi connectivity index (χ0n) is 12.6. The Hall–Kier alpha value is -2.43. The van der Waals surface area contributed by atoms with Gasteiger partial charge in [-0.2, -0.15) is 0 Å². The molecule has 5 heteroatoms. The smallest absolute Gasteiger partial charge is 0.153 e. The summed E-state index contributed by atoms with van der Waals surface area (Å²) in [6, 6.07) is 7.52. The predicted octanol–water partition coefficient (Wildman–Crippen LogP) is 3.51. The minimum atomic E-state index is 0.583. The highest BCUT2D eigenvalue weighted by Gasteiger charge is 2.09. The fourth-order valence-corrected chi connectivity index (χ4v) is 1.94. The van der Waals surface area contributed by atoms with Crippen molar-refractivity contribution in [3.8, 4) is 11.5 Å². The summed E-state index contributed by atoms with van der Waals surface area (Å²) in [6.07, 6.45) is 1.72. The molecule has 0 spiro atoms. The van der Waals surface area contributed by atoms with E-state index in [0.717, 1.165) is 22.7 Å². The first-order chi connectivity index (χ1) is 10.2. The number of nitrogens with zero attached hydrogens (tertiary/aromatic N) is 1. The van der Waals surface area contributed by atoms with Crippen LogP contribution in [-0.2, 0) is 0 Å². The van der Waals surface area contributed by atoms with Crippen molar-refractivity contribution in [3.05, 3.63) is 36.0 Å². The van der Waals surface area contributed by atoms with Crippen LogP contribution < -0.4 is 20.5 Å². The van der Waals surface area contributed by atoms with Crippen LogP contribution in [0, 0.1) is 6.92 Å². The zero-order valence-corrected chi connectivity index (χ0v) is 12.6. The Bertz CT molecular complexity index is 614. The zero-order chi connectivity index (χ0) is 15.2. The molecule has 2 aromatic rings. The van der Waals surface area contributed by atoms with E-state index in [2.05, 4.69) is 10.3 Å². The summed E-state index contributed by atoms with van der Waals surface area (Å²) < 4.78 is 11.1. The second kappa shape index (κ2) is 6.83. The van der Waals surface area contributed by atoms with Gasteiger partial charge in [-0.1, -0.05) is 0 Å². The summed E-state index contributed by atoms with van der Waals surface area (Å²) in [5.41, 5.74) is 8.44. The van der Waals surface area contributed by atoms with Gasteiger partial charge in [-0.05, 0) is 44.5 Å². The first-order valence-electron chi connectivity index (χ1n) is 7.03. The van der Waals surface area contributed by atoms with Gasteiger partial charge >= 0.3 is 0 Å². The second-order valence-electron chi connectivity index (χ2n) is 4.54. The number of benzene rings is 1. The van der Waals surface area contributed by atoms with Crippen LogP contribution >= 0.6 is 0 Å². The van der Waals surface area contributed by atoms with Crippen molar-refractivity contribution in [1.82, 2.24) is 4.98 Å². The monoisotopic (exact) mass is 287 g/mol. The number of hydrogen-bond acceptors (Lipinski definition) is 5. The van der Waals surface area contributed by atoms with E-state index in [9.17, 15) is 0 Å². The van der Waals surface area contributed by atoms with Gasteiger partial charge in [-0.15, -0.1) is 0 Å². The van der Waals surface area contributed by atoms with E-state index in [1.807, 2.05) is 45.0 Å². The second-order valence-corrected chi connectivity index (χ2v) is 4.54. The standard InChI is InChI=1S/C16H21N3O2/c1-4-20-12-6-7-14(21-5-2)13(10-12)19-16-15(17)11(3)8-9-18-16/h6-10H,4-5,17H2,1-3H3,(H,18,19). The molecule has 0 radical (unpaired) electrons. The Morgan fingerprint density at radius 2 is 1.90 bits per heavy atom. The van der Waals surface area contributed by atoms with Crippen molar-refractivity contribution in [2.24, 2.45) is 0 Å². The number of anilines is 3. The number of ether oxygens (including phenoxy) is 2. The summed E-state index contributed by atoms with van der Waals surface area (Å²) in [7, 11) is 0. The average Bonchev–Trinajstić information content (AvgIpc) is 2.47. The Morgan fingerprint density at radius 3 is 2.62 bits per heavy atom. The highest BCUT2D eigenvalue weighted by molar-refractivity contribution is 5.74. The van der Waals surface area contributed by atoms with Gasteiger partial charge in [0.05, 0.1) is 24.6 Å². The van der Waals surface area contributed by atoms with Crippen LogP contribution in [0.25, 0.3) is 0 Å². The fourth-order valence-electron chi connectivity index (χ4n) is 1.94. The van der Waals surface area contributed by atoms with E-state index in [0.29, 0.717) is 24.7 Å². The molecule has 21 heavy (non-hydrogen) atoms. The molecule has 0 bridgehead atoms. The largest absolute Gasteiger partial charge is 0.494 e. The summed E-state index contributed by atoms with van der Waals surface area (Å²) in [6.45, 7) is 7.03. The van der Waals surface area contributed by atoms with E-state index in [1.54, 1.807) is 6.20 Å². The third kappa shape index (κ3) is 3.56. The van der Waals surface area contributed by atoms with Gasteiger partial charge in [0.15, 0.2) is 5.82 Å². The lowest BCUT2D eigenvalue weighted by Gasteiger charge is -2.15. The quantitative estimate of drug-likeness (QED) is 0.850. The summed E-state index contributed by atoms with van der Waals surface area (Å²) in [5, 5.41) is 3.22. The Morgan fingerprint density at radius 1 is 1.14 bits per heavy atom. The van der Waals surface area contributed by atoms with E-state index in [-0.39, 0.29) is 0 Å².